The summed E-state index contributed by atoms with van der Waals surface area (Å²) in [5.41, 5.74) is 0. The molecule has 0 rings (SSSR count). The van der Waals surface area contributed by atoms with Crippen LogP contribution in [0.25, 0.3) is 0 Å². The number of ketones is 1. The van der Waals surface area contributed by atoms with Crippen LogP contribution in [0.3, 0.4) is 0 Å². The first kappa shape index (κ1) is 13.6. The van der Waals surface area contributed by atoms with Crippen LogP contribution in [0.4, 0.5) is 0 Å². The number of hydrogen-bond acceptors (Lipinski definition) is 2. The number of aliphatic hydroxyl groups is 1. The molecule has 14 heavy (non-hydrogen) atoms. The van der Waals surface area contributed by atoms with Crippen molar-refractivity contribution in [3.05, 3.63) is 0 Å². The summed E-state index contributed by atoms with van der Waals surface area (Å²) >= 11 is 0. The van der Waals surface area contributed by atoms with Crippen LogP contribution in [0.5, 0.6) is 0 Å². The molecule has 0 aliphatic carbocycles. The molecule has 0 aliphatic rings. The lowest BCUT2D eigenvalue weighted by molar-refractivity contribution is -0.124. The summed E-state index contributed by atoms with van der Waals surface area (Å²) in [7, 11) is 0. The third kappa shape index (κ3) is 6.14. The van der Waals surface area contributed by atoms with Crippen LogP contribution >= 0.6 is 0 Å². The van der Waals surface area contributed by atoms with Gasteiger partial charge in [-0.15, -0.1) is 0 Å². The molecule has 0 aromatic rings. The van der Waals surface area contributed by atoms with Gasteiger partial charge in [0.05, 0.1) is 6.61 Å². The molecule has 1 N–H and O–H groups in total. The Labute approximate surface area is 87.7 Å². The van der Waals surface area contributed by atoms with Crippen LogP contribution in [0.15, 0.2) is 0 Å². The summed E-state index contributed by atoms with van der Waals surface area (Å²) in [5.74, 6) is 0.168. The van der Waals surface area contributed by atoms with Crippen molar-refractivity contribution in [3.63, 3.8) is 0 Å². The van der Waals surface area contributed by atoms with Crippen LogP contribution in [-0.4, -0.2) is 17.5 Å². The summed E-state index contributed by atoms with van der Waals surface area (Å²) in [5, 5.41) is 9.06. The molecule has 0 saturated heterocycles. The zero-order valence-corrected chi connectivity index (χ0v) is 9.59. The number of carbonyl (C=O) groups is 1. The second-order valence-corrected chi connectivity index (χ2v) is 3.95. The van der Waals surface area contributed by atoms with Crippen molar-refractivity contribution in [2.24, 2.45) is 5.92 Å². The number of hydrogen-bond donors (Lipinski definition) is 1. The Morgan fingerprint density at radius 1 is 1.14 bits per heavy atom. The Balaban J connectivity index is 3.67. The van der Waals surface area contributed by atoms with Crippen LogP contribution in [0, 0.1) is 5.92 Å². The molecule has 84 valence electrons. The van der Waals surface area contributed by atoms with Crippen molar-refractivity contribution < 1.29 is 9.90 Å². The van der Waals surface area contributed by atoms with Crippen molar-refractivity contribution in [2.45, 2.75) is 58.8 Å². The summed E-state index contributed by atoms with van der Waals surface area (Å²) in [6.07, 6.45) is 6.91. The molecule has 0 heterocycles. The Morgan fingerprint density at radius 3 is 2.29 bits per heavy atom. The number of rotatable bonds is 9. The highest BCUT2D eigenvalue weighted by molar-refractivity contribution is 5.81. The first-order valence-corrected chi connectivity index (χ1v) is 5.89. The molecule has 0 aromatic carbocycles. The predicted octanol–water partition coefficient (Wildman–Crippen LogP) is 2.93. The van der Waals surface area contributed by atoms with Gasteiger partial charge < -0.3 is 5.11 Å². The second kappa shape index (κ2) is 9.20. The van der Waals surface area contributed by atoms with Gasteiger partial charge in [0.15, 0.2) is 0 Å². The summed E-state index contributed by atoms with van der Waals surface area (Å²) in [6, 6.07) is 0. The largest absolute Gasteiger partial charge is 0.396 e. The van der Waals surface area contributed by atoms with E-state index in [-0.39, 0.29) is 18.3 Å². The Kier molecular flexibility index (Phi) is 8.95. The molecule has 2 heteroatoms. The third-order valence-corrected chi connectivity index (χ3v) is 2.61. The monoisotopic (exact) mass is 200 g/mol. The van der Waals surface area contributed by atoms with E-state index in [0.717, 1.165) is 38.5 Å². The molecular weight excluding hydrogens is 176 g/mol. The van der Waals surface area contributed by atoms with Crippen LogP contribution in [0.2, 0.25) is 0 Å². The zero-order chi connectivity index (χ0) is 10.8. The zero-order valence-electron chi connectivity index (χ0n) is 9.59. The number of unbranched alkanes of at least 4 members (excludes halogenated alkanes) is 3. The maximum Gasteiger partial charge on any atom is 0.138 e. The standard InChI is InChI=1S/C12H24O2/c1-3-5-7-9-12(14)11(10-13)8-6-4-2/h11,13H,3-10H2,1-2H3/t11-/m1/s1. The average molecular weight is 200 g/mol. The Bertz CT molecular complexity index is 143. The number of aliphatic hydroxyl groups excluding tert-OH is 1. The van der Waals surface area contributed by atoms with Gasteiger partial charge in [0.2, 0.25) is 0 Å². The van der Waals surface area contributed by atoms with Gasteiger partial charge in [0, 0.05) is 12.3 Å². The minimum absolute atomic E-state index is 0.0327. The molecule has 0 aromatic heterocycles. The van der Waals surface area contributed by atoms with E-state index in [2.05, 4.69) is 13.8 Å². The van der Waals surface area contributed by atoms with Gasteiger partial charge >= 0.3 is 0 Å². The summed E-state index contributed by atoms with van der Waals surface area (Å²) < 4.78 is 0. The molecule has 1 atom stereocenters. The SMILES string of the molecule is CCCCCC(=O)[C@@H](CO)CCCC. The molecule has 0 unspecified atom stereocenters. The molecule has 2 nitrogen and oxygen atoms in total. The highest BCUT2D eigenvalue weighted by Crippen LogP contribution is 2.13. The van der Waals surface area contributed by atoms with Crippen molar-refractivity contribution in [1.82, 2.24) is 0 Å². The van der Waals surface area contributed by atoms with Crippen molar-refractivity contribution in [1.29, 1.82) is 0 Å². The van der Waals surface area contributed by atoms with Gasteiger partial charge in [-0.1, -0.05) is 39.5 Å². The number of Topliss-reactive ketones (excluding diaryl/α,β-unsaturated/α-hetero) is 1. The van der Waals surface area contributed by atoms with Gasteiger partial charge in [-0.05, 0) is 12.8 Å². The molecule has 0 fully saturated rings. The summed E-state index contributed by atoms with van der Waals surface area (Å²) in [4.78, 5) is 11.6. The fourth-order valence-corrected chi connectivity index (χ4v) is 1.56. The van der Waals surface area contributed by atoms with Crippen molar-refractivity contribution in [2.75, 3.05) is 6.61 Å². The van der Waals surface area contributed by atoms with Crippen LogP contribution in [0.1, 0.15) is 58.8 Å². The van der Waals surface area contributed by atoms with E-state index in [1.807, 2.05) is 0 Å². The van der Waals surface area contributed by atoms with Crippen molar-refractivity contribution >= 4 is 5.78 Å². The quantitative estimate of drug-likeness (QED) is 0.581. The lowest BCUT2D eigenvalue weighted by Crippen LogP contribution is -2.18. The van der Waals surface area contributed by atoms with Gasteiger partial charge in [0.1, 0.15) is 5.78 Å². The first-order valence-electron chi connectivity index (χ1n) is 5.89. The van der Waals surface area contributed by atoms with Gasteiger partial charge in [0.25, 0.3) is 0 Å². The highest BCUT2D eigenvalue weighted by Gasteiger charge is 2.15. The van der Waals surface area contributed by atoms with E-state index in [1.165, 1.54) is 0 Å². The Hall–Kier alpha value is -0.370. The lowest BCUT2D eigenvalue weighted by Gasteiger charge is -2.11. The van der Waals surface area contributed by atoms with Crippen LogP contribution < -0.4 is 0 Å². The fourth-order valence-electron chi connectivity index (χ4n) is 1.56. The molecule has 0 amide bonds. The first-order chi connectivity index (χ1) is 6.76. The van der Waals surface area contributed by atoms with Crippen molar-refractivity contribution in [3.8, 4) is 0 Å². The van der Waals surface area contributed by atoms with E-state index < -0.39 is 0 Å². The Morgan fingerprint density at radius 2 is 1.79 bits per heavy atom. The van der Waals surface area contributed by atoms with E-state index in [1.54, 1.807) is 0 Å². The number of carbonyl (C=O) groups excluding carboxylic acids is 1. The van der Waals surface area contributed by atoms with Gasteiger partial charge in [-0.25, -0.2) is 0 Å². The molecule has 0 saturated carbocycles. The van der Waals surface area contributed by atoms with Gasteiger partial charge in [-0.2, -0.15) is 0 Å². The predicted molar refractivity (Wildman–Crippen MR) is 59.2 cm³/mol. The minimum Gasteiger partial charge on any atom is -0.396 e. The minimum atomic E-state index is -0.0909. The average Bonchev–Trinajstić information content (AvgIpc) is 2.19. The smallest absolute Gasteiger partial charge is 0.138 e. The van der Waals surface area contributed by atoms with E-state index in [9.17, 15) is 4.79 Å². The van der Waals surface area contributed by atoms with E-state index in [4.69, 9.17) is 5.11 Å². The third-order valence-electron chi connectivity index (χ3n) is 2.61. The fraction of sp³-hybridized carbons (Fsp3) is 0.917. The van der Waals surface area contributed by atoms with E-state index >= 15 is 0 Å². The molecular formula is C12H24O2. The lowest BCUT2D eigenvalue weighted by atomic mass is 9.95. The van der Waals surface area contributed by atoms with E-state index in [0.29, 0.717) is 6.42 Å². The second-order valence-electron chi connectivity index (χ2n) is 3.95. The topological polar surface area (TPSA) is 37.3 Å². The molecule has 0 bridgehead atoms. The normalized spacial score (nSPS) is 12.8. The summed E-state index contributed by atoms with van der Waals surface area (Å²) in [6.45, 7) is 4.27. The maximum absolute atomic E-state index is 11.6. The van der Waals surface area contributed by atoms with Crippen LogP contribution in [-0.2, 0) is 4.79 Å². The molecule has 0 spiro atoms. The molecule has 0 aliphatic heterocycles. The highest BCUT2D eigenvalue weighted by atomic mass is 16.3. The molecule has 0 radical (unpaired) electrons. The maximum atomic E-state index is 11.6. The van der Waals surface area contributed by atoms with Gasteiger partial charge in [-0.3, -0.25) is 4.79 Å².